The van der Waals surface area contributed by atoms with Gasteiger partial charge in [-0.3, -0.25) is 14.8 Å². The minimum Gasteiger partial charge on any atom is -0.344 e. The average Bonchev–Trinajstić information content (AvgIpc) is 2.40. The van der Waals surface area contributed by atoms with Crippen LogP contribution in [0, 0.1) is 0 Å². The summed E-state index contributed by atoms with van der Waals surface area (Å²) in [5.74, 6) is -0.142. The van der Waals surface area contributed by atoms with Crippen molar-refractivity contribution in [2.24, 2.45) is 0 Å². The van der Waals surface area contributed by atoms with Gasteiger partial charge in [-0.25, -0.2) is 0 Å². The van der Waals surface area contributed by atoms with Crippen LogP contribution in [0.1, 0.15) is 29.0 Å². The summed E-state index contributed by atoms with van der Waals surface area (Å²) in [6.45, 7) is 1.90. The van der Waals surface area contributed by atoms with E-state index in [1.165, 1.54) is 0 Å². The largest absolute Gasteiger partial charge is 0.344 e. The Morgan fingerprint density at radius 1 is 1.24 bits per heavy atom. The third-order valence-corrected chi connectivity index (χ3v) is 2.40. The van der Waals surface area contributed by atoms with Gasteiger partial charge >= 0.3 is 0 Å². The number of pyridine rings is 2. The number of carbonyl (C=O) groups is 1. The van der Waals surface area contributed by atoms with Crippen molar-refractivity contribution >= 4 is 5.91 Å². The second-order valence-electron chi connectivity index (χ2n) is 3.69. The van der Waals surface area contributed by atoms with Crippen molar-refractivity contribution in [2.75, 3.05) is 0 Å². The van der Waals surface area contributed by atoms with Gasteiger partial charge in [0.25, 0.3) is 5.91 Å². The Morgan fingerprint density at radius 3 is 2.76 bits per heavy atom. The standard InChI is InChI=1S/C13H13N3O/c1-10(12-6-2-3-8-15-12)16-13(17)11-5-4-7-14-9-11/h2-10H,1H3,(H,16,17). The SMILES string of the molecule is CC(NC(=O)c1cccnc1)c1ccccn1. The lowest BCUT2D eigenvalue weighted by Gasteiger charge is -2.12. The summed E-state index contributed by atoms with van der Waals surface area (Å²) in [5, 5.41) is 2.87. The van der Waals surface area contributed by atoms with Crippen molar-refractivity contribution in [1.82, 2.24) is 15.3 Å². The fourth-order valence-electron chi connectivity index (χ4n) is 1.48. The number of amides is 1. The molecule has 0 aromatic carbocycles. The predicted octanol–water partition coefficient (Wildman–Crippen LogP) is 1.97. The number of nitrogens with zero attached hydrogens (tertiary/aromatic N) is 2. The highest BCUT2D eigenvalue weighted by atomic mass is 16.1. The number of carbonyl (C=O) groups excluding carboxylic acids is 1. The third kappa shape index (κ3) is 2.87. The van der Waals surface area contributed by atoms with Crippen LogP contribution in [0.15, 0.2) is 48.9 Å². The third-order valence-electron chi connectivity index (χ3n) is 2.40. The molecule has 1 atom stereocenters. The lowest BCUT2D eigenvalue weighted by molar-refractivity contribution is 0.0939. The summed E-state index contributed by atoms with van der Waals surface area (Å²) in [5.41, 5.74) is 1.39. The molecule has 17 heavy (non-hydrogen) atoms. The van der Waals surface area contributed by atoms with Crippen LogP contribution in [0.3, 0.4) is 0 Å². The summed E-state index contributed by atoms with van der Waals surface area (Å²) in [4.78, 5) is 20.0. The van der Waals surface area contributed by atoms with Crippen LogP contribution in [0.2, 0.25) is 0 Å². The Bertz CT molecular complexity index is 485. The fourth-order valence-corrected chi connectivity index (χ4v) is 1.48. The number of nitrogens with one attached hydrogen (secondary N) is 1. The highest BCUT2D eigenvalue weighted by molar-refractivity contribution is 5.94. The van der Waals surface area contributed by atoms with Gasteiger partial charge in [0.15, 0.2) is 0 Å². The molecule has 1 unspecified atom stereocenters. The summed E-state index contributed by atoms with van der Waals surface area (Å²) in [7, 11) is 0. The second kappa shape index (κ2) is 5.21. The first-order chi connectivity index (χ1) is 8.27. The van der Waals surface area contributed by atoms with Gasteiger partial charge in [-0.05, 0) is 31.2 Å². The van der Waals surface area contributed by atoms with Crippen molar-refractivity contribution < 1.29 is 4.79 Å². The Hall–Kier alpha value is -2.23. The van der Waals surface area contributed by atoms with E-state index in [1.807, 2.05) is 25.1 Å². The van der Waals surface area contributed by atoms with Gasteiger partial charge in [-0.15, -0.1) is 0 Å². The van der Waals surface area contributed by atoms with Crippen molar-refractivity contribution in [3.63, 3.8) is 0 Å². The summed E-state index contributed by atoms with van der Waals surface area (Å²) < 4.78 is 0. The predicted molar refractivity (Wildman–Crippen MR) is 64.4 cm³/mol. The van der Waals surface area contributed by atoms with Crippen LogP contribution in [-0.4, -0.2) is 15.9 Å². The molecule has 2 aromatic heterocycles. The van der Waals surface area contributed by atoms with Crippen LogP contribution in [0.4, 0.5) is 0 Å². The molecule has 0 spiro atoms. The van der Waals surface area contributed by atoms with Crippen LogP contribution in [-0.2, 0) is 0 Å². The lowest BCUT2D eigenvalue weighted by atomic mass is 10.2. The van der Waals surface area contributed by atoms with Gasteiger partial charge in [0.2, 0.25) is 0 Å². The molecule has 86 valence electrons. The highest BCUT2D eigenvalue weighted by Gasteiger charge is 2.11. The first-order valence-corrected chi connectivity index (χ1v) is 5.39. The molecule has 0 bridgehead atoms. The second-order valence-corrected chi connectivity index (χ2v) is 3.69. The molecular weight excluding hydrogens is 214 g/mol. The zero-order valence-corrected chi connectivity index (χ0v) is 9.50. The quantitative estimate of drug-likeness (QED) is 0.872. The van der Waals surface area contributed by atoms with Crippen molar-refractivity contribution in [2.45, 2.75) is 13.0 Å². The number of hydrogen-bond acceptors (Lipinski definition) is 3. The fraction of sp³-hybridized carbons (Fsp3) is 0.154. The molecule has 0 aliphatic rings. The maximum absolute atomic E-state index is 11.8. The molecule has 2 heterocycles. The van der Waals surface area contributed by atoms with E-state index in [2.05, 4.69) is 15.3 Å². The minimum atomic E-state index is -0.142. The molecule has 4 heteroatoms. The van der Waals surface area contributed by atoms with Crippen molar-refractivity contribution in [1.29, 1.82) is 0 Å². The zero-order valence-electron chi connectivity index (χ0n) is 9.50. The molecule has 2 aromatic rings. The Balaban J connectivity index is 2.05. The Morgan fingerprint density at radius 2 is 2.12 bits per heavy atom. The van der Waals surface area contributed by atoms with Crippen molar-refractivity contribution in [3.05, 3.63) is 60.2 Å². The first kappa shape index (κ1) is 11.3. The number of rotatable bonds is 3. The van der Waals surface area contributed by atoms with E-state index in [0.29, 0.717) is 5.56 Å². The van der Waals surface area contributed by atoms with E-state index in [1.54, 1.807) is 30.7 Å². The molecule has 2 rings (SSSR count). The summed E-state index contributed by atoms with van der Waals surface area (Å²) >= 11 is 0. The van der Waals surface area contributed by atoms with Crippen LogP contribution in [0.25, 0.3) is 0 Å². The first-order valence-electron chi connectivity index (χ1n) is 5.39. The molecule has 0 saturated heterocycles. The smallest absolute Gasteiger partial charge is 0.253 e. The molecule has 0 saturated carbocycles. The maximum Gasteiger partial charge on any atom is 0.253 e. The molecule has 0 radical (unpaired) electrons. The van der Waals surface area contributed by atoms with Crippen LogP contribution >= 0.6 is 0 Å². The number of hydrogen-bond donors (Lipinski definition) is 1. The summed E-state index contributed by atoms with van der Waals surface area (Å²) in [6.07, 6.45) is 4.89. The lowest BCUT2D eigenvalue weighted by Crippen LogP contribution is -2.27. The van der Waals surface area contributed by atoms with Crippen LogP contribution < -0.4 is 5.32 Å². The highest BCUT2D eigenvalue weighted by Crippen LogP contribution is 2.09. The molecule has 0 aliphatic carbocycles. The molecular formula is C13H13N3O. The van der Waals surface area contributed by atoms with Crippen LogP contribution in [0.5, 0.6) is 0 Å². The molecule has 0 aliphatic heterocycles. The molecule has 1 N–H and O–H groups in total. The van der Waals surface area contributed by atoms with E-state index < -0.39 is 0 Å². The minimum absolute atomic E-state index is 0.121. The van der Waals surface area contributed by atoms with Gasteiger partial charge in [0.05, 0.1) is 17.3 Å². The van der Waals surface area contributed by atoms with E-state index in [-0.39, 0.29) is 11.9 Å². The Labute approximate surface area is 99.7 Å². The average molecular weight is 227 g/mol. The van der Waals surface area contributed by atoms with Gasteiger partial charge < -0.3 is 5.32 Å². The van der Waals surface area contributed by atoms with E-state index in [0.717, 1.165) is 5.69 Å². The maximum atomic E-state index is 11.8. The van der Waals surface area contributed by atoms with Gasteiger partial charge in [0.1, 0.15) is 0 Å². The van der Waals surface area contributed by atoms with Gasteiger partial charge in [-0.2, -0.15) is 0 Å². The monoisotopic (exact) mass is 227 g/mol. The summed E-state index contributed by atoms with van der Waals surface area (Å²) in [6, 6.07) is 8.97. The number of aromatic nitrogens is 2. The zero-order chi connectivity index (χ0) is 12.1. The molecule has 1 amide bonds. The van der Waals surface area contributed by atoms with E-state index in [4.69, 9.17) is 0 Å². The van der Waals surface area contributed by atoms with Gasteiger partial charge in [0, 0.05) is 18.6 Å². The molecule has 4 nitrogen and oxygen atoms in total. The van der Waals surface area contributed by atoms with Gasteiger partial charge in [-0.1, -0.05) is 6.07 Å². The normalized spacial score (nSPS) is 11.8. The Kier molecular flexibility index (Phi) is 3.45. The van der Waals surface area contributed by atoms with E-state index in [9.17, 15) is 4.79 Å². The van der Waals surface area contributed by atoms with Crippen molar-refractivity contribution in [3.8, 4) is 0 Å². The molecule has 0 fully saturated rings. The topological polar surface area (TPSA) is 54.9 Å². The van der Waals surface area contributed by atoms with E-state index >= 15 is 0 Å².